The summed E-state index contributed by atoms with van der Waals surface area (Å²) in [7, 11) is -1.73. The molecule has 4 atom stereocenters. The van der Waals surface area contributed by atoms with Crippen LogP contribution in [0.1, 0.15) is 82.5 Å². The second-order valence-corrected chi connectivity index (χ2v) is 13.7. The van der Waals surface area contributed by atoms with Crippen molar-refractivity contribution in [3.05, 3.63) is 23.8 Å². The van der Waals surface area contributed by atoms with Gasteiger partial charge < -0.3 is 24.4 Å². The first kappa shape index (κ1) is 33.1. The maximum absolute atomic E-state index is 14.1. The van der Waals surface area contributed by atoms with Gasteiger partial charge in [-0.1, -0.05) is 26.2 Å². The van der Waals surface area contributed by atoms with Crippen molar-refractivity contribution in [1.29, 1.82) is 0 Å². The van der Waals surface area contributed by atoms with Crippen LogP contribution < -0.4 is 9.46 Å². The van der Waals surface area contributed by atoms with Crippen molar-refractivity contribution in [2.24, 2.45) is 11.8 Å². The number of fused-ring (bicyclic) bond motifs is 1. The van der Waals surface area contributed by atoms with Crippen LogP contribution in [0.3, 0.4) is 0 Å². The van der Waals surface area contributed by atoms with Gasteiger partial charge in [-0.25, -0.2) is 8.42 Å². The van der Waals surface area contributed by atoms with Gasteiger partial charge in [-0.15, -0.1) is 0 Å². The van der Waals surface area contributed by atoms with Crippen LogP contribution in [0.25, 0.3) is 0 Å². The van der Waals surface area contributed by atoms with E-state index >= 15 is 0 Å². The number of aliphatic hydroxyl groups is 1. The summed E-state index contributed by atoms with van der Waals surface area (Å²) in [5.41, 5.74) is 0.475. The smallest absolute Gasteiger partial charge is 0.258 e. The lowest BCUT2D eigenvalue weighted by Crippen LogP contribution is -2.48. The quantitative estimate of drug-likeness (QED) is 0.490. The highest BCUT2D eigenvalue weighted by molar-refractivity contribution is 7.92. The Kier molecular flexibility index (Phi) is 12.3. The molecule has 10 nitrogen and oxygen atoms in total. The minimum atomic E-state index is -3.56. The molecule has 1 aliphatic heterocycles. The van der Waals surface area contributed by atoms with E-state index in [-0.39, 0.29) is 60.3 Å². The van der Waals surface area contributed by atoms with Gasteiger partial charge in [0, 0.05) is 44.3 Å². The summed E-state index contributed by atoms with van der Waals surface area (Å²) in [5.74, 6) is 0.0514. The van der Waals surface area contributed by atoms with Gasteiger partial charge in [-0.05, 0) is 64.2 Å². The Hall–Kier alpha value is -2.37. The second-order valence-electron chi connectivity index (χ2n) is 11.9. The summed E-state index contributed by atoms with van der Waals surface area (Å²) in [5, 5.41) is 10.1. The Morgan fingerprint density at radius 2 is 1.83 bits per heavy atom. The summed E-state index contributed by atoms with van der Waals surface area (Å²) in [6, 6.07) is 4.17. The van der Waals surface area contributed by atoms with Crippen LogP contribution in [0.4, 0.5) is 5.69 Å². The predicted octanol–water partition coefficient (Wildman–Crippen LogP) is 3.89. The van der Waals surface area contributed by atoms with E-state index in [2.05, 4.69) is 4.72 Å². The zero-order chi connectivity index (χ0) is 30.2. The first-order valence-electron chi connectivity index (χ1n) is 15.0. The molecule has 1 saturated carbocycles. The predicted molar refractivity (Wildman–Crippen MR) is 160 cm³/mol. The lowest BCUT2D eigenvalue weighted by Gasteiger charge is -2.36. The third kappa shape index (κ3) is 9.85. The molecule has 0 radical (unpaired) electrons. The molecule has 3 rings (SSSR count). The van der Waals surface area contributed by atoms with Gasteiger partial charge in [0.2, 0.25) is 15.9 Å². The van der Waals surface area contributed by atoms with E-state index in [0.29, 0.717) is 18.9 Å². The van der Waals surface area contributed by atoms with Gasteiger partial charge in [0.05, 0.1) is 36.7 Å². The minimum Gasteiger partial charge on any atom is -0.490 e. The average Bonchev–Trinajstić information content (AvgIpc) is 2.93. The van der Waals surface area contributed by atoms with Crippen molar-refractivity contribution in [3.63, 3.8) is 0 Å². The van der Waals surface area contributed by atoms with Gasteiger partial charge in [-0.2, -0.15) is 0 Å². The number of sulfonamides is 1. The van der Waals surface area contributed by atoms with Crippen LogP contribution in [0, 0.1) is 11.8 Å². The summed E-state index contributed by atoms with van der Waals surface area (Å²) in [6.45, 7) is 6.69. The van der Waals surface area contributed by atoms with Crippen molar-refractivity contribution in [2.45, 2.75) is 90.4 Å². The molecule has 0 aromatic heterocycles. The zero-order valence-corrected chi connectivity index (χ0v) is 26.1. The number of anilines is 1. The number of amides is 2. The Labute approximate surface area is 245 Å². The normalized spacial score (nSPS) is 24.5. The third-order valence-electron chi connectivity index (χ3n) is 8.14. The Morgan fingerprint density at radius 1 is 1.15 bits per heavy atom. The fourth-order valence-electron chi connectivity index (χ4n) is 5.68. The van der Waals surface area contributed by atoms with Crippen LogP contribution in [0.5, 0.6) is 5.75 Å². The van der Waals surface area contributed by atoms with Crippen molar-refractivity contribution >= 4 is 27.5 Å². The van der Waals surface area contributed by atoms with Crippen LogP contribution in [-0.4, -0.2) is 93.0 Å². The molecule has 11 heteroatoms. The van der Waals surface area contributed by atoms with Gasteiger partial charge in [-0.3, -0.25) is 14.3 Å². The molecule has 0 unspecified atom stereocenters. The molecule has 1 aliphatic carbocycles. The molecular weight excluding hydrogens is 546 g/mol. The molecular formula is C30H49N3O7S. The van der Waals surface area contributed by atoms with Gasteiger partial charge >= 0.3 is 0 Å². The number of hydrogen-bond acceptors (Lipinski definition) is 7. The highest BCUT2D eigenvalue weighted by Crippen LogP contribution is 2.29. The van der Waals surface area contributed by atoms with E-state index < -0.39 is 16.1 Å². The van der Waals surface area contributed by atoms with Crippen LogP contribution in [-0.2, 0) is 19.6 Å². The standard InChI is InChI=1S/C30H49N3O7S/c1-21-18-33(22(2)20-34)30(36)26-17-25(31-41(5,37)38)14-15-27(26)40-23(3)11-9-10-16-39-28(21)19-32(4)29(35)24-12-7-6-8-13-24/h14-15,17,21-24,28,31,34H,6-13,16,18-20H2,1-5H3/t21-,22-,23-,28+/m0/s1. The average molecular weight is 596 g/mol. The number of carbonyl (C=O) groups is 2. The number of ether oxygens (including phenoxy) is 2. The molecule has 232 valence electrons. The SMILES string of the molecule is C[C@H]1CCCCO[C@H](CN(C)C(=O)C2CCCCC2)[C@@H](C)CN([C@@H](C)CO)C(=O)c2cc(NS(C)(=O)=O)ccc2O1. The highest BCUT2D eigenvalue weighted by atomic mass is 32.2. The number of hydrogen-bond donors (Lipinski definition) is 2. The van der Waals surface area contributed by atoms with Crippen LogP contribution in [0.2, 0.25) is 0 Å². The molecule has 2 aliphatic rings. The number of rotatable bonds is 7. The molecule has 1 fully saturated rings. The first-order valence-corrected chi connectivity index (χ1v) is 16.9. The van der Waals surface area contributed by atoms with Crippen molar-refractivity contribution in [2.75, 3.05) is 44.3 Å². The van der Waals surface area contributed by atoms with Gasteiger partial charge in [0.1, 0.15) is 5.75 Å². The van der Waals surface area contributed by atoms with Crippen molar-refractivity contribution in [1.82, 2.24) is 9.80 Å². The monoisotopic (exact) mass is 595 g/mol. The Bertz CT molecular complexity index is 1120. The number of nitrogens with zero attached hydrogens (tertiary/aromatic N) is 2. The maximum Gasteiger partial charge on any atom is 0.258 e. The highest BCUT2D eigenvalue weighted by Gasteiger charge is 2.32. The number of aliphatic hydroxyl groups excluding tert-OH is 1. The minimum absolute atomic E-state index is 0.0581. The van der Waals surface area contributed by atoms with Crippen molar-refractivity contribution < 1.29 is 32.6 Å². The van der Waals surface area contributed by atoms with Gasteiger partial charge in [0.25, 0.3) is 5.91 Å². The molecule has 1 aromatic carbocycles. The van der Waals surface area contributed by atoms with E-state index in [0.717, 1.165) is 51.2 Å². The van der Waals surface area contributed by atoms with Gasteiger partial charge in [0.15, 0.2) is 0 Å². The fourth-order valence-corrected chi connectivity index (χ4v) is 6.24. The largest absolute Gasteiger partial charge is 0.490 e. The lowest BCUT2D eigenvalue weighted by atomic mass is 9.88. The van der Waals surface area contributed by atoms with Crippen molar-refractivity contribution in [3.8, 4) is 5.75 Å². The van der Waals surface area contributed by atoms with E-state index in [9.17, 15) is 23.1 Å². The Balaban J connectivity index is 1.92. The topological polar surface area (TPSA) is 125 Å². The first-order chi connectivity index (χ1) is 19.4. The number of nitrogens with one attached hydrogen (secondary N) is 1. The number of carbonyl (C=O) groups excluding carboxylic acids is 2. The molecule has 41 heavy (non-hydrogen) atoms. The van der Waals surface area contributed by atoms with E-state index in [4.69, 9.17) is 9.47 Å². The molecule has 0 spiro atoms. The molecule has 2 N–H and O–H groups in total. The maximum atomic E-state index is 14.1. The summed E-state index contributed by atoms with van der Waals surface area (Å²) in [6.07, 6.45) is 8.21. The number of benzene rings is 1. The number of likely N-dealkylation sites (N-methyl/N-ethyl adjacent to an activating group) is 1. The lowest BCUT2D eigenvalue weighted by molar-refractivity contribution is -0.137. The van der Waals surface area contributed by atoms with Crippen LogP contribution >= 0.6 is 0 Å². The fraction of sp³-hybridized carbons (Fsp3) is 0.733. The zero-order valence-electron chi connectivity index (χ0n) is 25.3. The van der Waals surface area contributed by atoms with E-state index in [1.807, 2.05) is 20.9 Å². The molecule has 0 saturated heterocycles. The summed E-state index contributed by atoms with van der Waals surface area (Å²) < 4.78 is 38.8. The summed E-state index contributed by atoms with van der Waals surface area (Å²) >= 11 is 0. The molecule has 1 heterocycles. The van der Waals surface area contributed by atoms with Crippen LogP contribution in [0.15, 0.2) is 18.2 Å². The third-order valence-corrected chi connectivity index (χ3v) is 8.75. The molecule has 2 amide bonds. The second kappa shape index (κ2) is 15.2. The van der Waals surface area contributed by atoms with E-state index in [1.54, 1.807) is 28.9 Å². The summed E-state index contributed by atoms with van der Waals surface area (Å²) in [4.78, 5) is 30.7. The van der Waals surface area contributed by atoms with E-state index in [1.165, 1.54) is 12.5 Å². The Morgan fingerprint density at radius 3 is 2.49 bits per heavy atom. The molecule has 0 bridgehead atoms. The molecule has 1 aromatic rings.